The summed E-state index contributed by atoms with van der Waals surface area (Å²) in [5.74, 6) is 0.498. The van der Waals surface area contributed by atoms with Gasteiger partial charge in [0.2, 0.25) is 11.8 Å². The smallest absolute Gasteiger partial charge is 0.423 e. The van der Waals surface area contributed by atoms with E-state index in [1.54, 1.807) is 0 Å². The Morgan fingerprint density at radius 1 is 1.25 bits per heavy atom. The van der Waals surface area contributed by atoms with E-state index in [1.807, 2.05) is 4.57 Å². The van der Waals surface area contributed by atoms with Crippen molar-refractivity contribution >= 4 is 11.9 Å². The van der Waals surface area contributed by atoms with Gasteiger partial charge < -0.3 is 24.3 Å². The zero-order valence-electron chi connectivity index (χ0n) is 19.7. The van der Waals surface area contributed by atoms with Crippen LogP contribution in [0.2, 0.25) is 0 Å². The molecule has 1 amide bonds. The van der Waals surface area contributed by atoms with E-state index >= 15 is 0 Å². The minimum absolute atomic E-state index is 0.0668. The van der Waals surface area contributed by atoms with E-state index in [0.29, 0.717) is 25.3 Å². The van der Waals surface area contributed by atoms with Crippen LogP contribution in [0.3, 0.4) is 0 Å². The number of ether oxygens (including phenoxy) is 2. The summed E-state index contributed by atoms with van der Waals surface area (Å²) in [7, 11) is 0. The van der Waals surface area contributed by atoms with Gasteiger partial charge in [0.1, 0.15) is 17.5 Å². The number of rotatable bonds is 6. The van der Waals surface area contributed by atoms with Gasteiger partial charge in [-0.05, 0) is 26.2 Å². The first-order valence-electron chi connectivity index (χ1n) is 12.0. The summed E-state index contributed by atoms with van der Waals surface area (Å²) in [6.07, 6.45) is -2.71. The van der Waals surface area contributed by atoms with E-state index in [2.05, 4.69) is 25.5 Å². The maximum atomic E-state index is 13.4. The van der Waals surface area contributed by atoms with Crippen molar-refractivity contribution in [2.45, 2.75) is 76.1 Å². The second kappa shape index (κ2) is 9.79. The first-order valence-corrected chi connectivity index (χ1v) is 12.0. The fourth-order valence-corrected chi connectivity index (χ4v) is 4.82. The van der Waals surface area contributed by atoms with Gasteiger partial charge in [-0.1, -0.05) is 6.42 Å². The molecule has 0 radical (unpaired) electrons. The second-order valence-corrected chi connectivity index (χ2v) is 9.39. The highest BCUT2D eigenvalue weighted by atomic mass is 19.4. The Morgan fingerprint density at radius 2 is 2.06 bits per heavy atom. The Bertz CT molecular complexity index is 1110. The molecule has 1 saturated carbocycles. The molecule has 0 bridgehead atoms. The third kappa shape index (κ3) is 5.08. The molecule has 10 nitrogen and oxygen atoms in total. The number of carbonyl (C=O) groups is 1. The van der Waals surface area contributed by atoms with Crippen LogP contribution in [-0.4, -0.2) is 73.6 Å². The second-order valence-electron chi connectivity index (χ2n) is 9.39. The number of hydrogen-bond donors (Lipinski definition) is 1. The predicted molar refractivity (Wildman–Crippen MR) is 117 cm³/mol. The van der Waals surface area contributed by atoms with Gasteiger partial charge in [0.25, 0.3) is 5.91 Å². The molecule has 0 spiro atoms. The number of fused-ring (bicyclic) bond motifs is 1. The number of halogens is 4. The van der Waals surface area contributed by atoms with Crippen LogP contribution in [0.15, 0.2) is 6.20 Å². The van der Waals surface area contributed by atoms with E-state index in [1.165, 1.54) is 11.8 Å². The van der Waals surface area contributed by atoms with Crippen molar-refractivity contribution in [3.8, 4) is 5.88 Å². The van der Waals surface area contributed by atoms with E-state index in [4.69, 9.17) is 9.47 Å². The summed E-state index contributed by atoms with van der Waals surface area (Å²) in [6, 6.07) is -0.0811. The normalized spacial score (nSPS) is 23.5. The number of anilines is 1. The zero-order valence-corrected chi connectivity index (χ0v) is 19.7. The molecule has 14 heteroatoms. The van der Waals surface area contributed by atoms with Crippen LogP contribution >= 0.6 is 0 Å². The van der Waals surface area contributed by atoms with Crippen LogP contribution in [0.1, 0.15) is 55.7 Å². The standard InChI is InChI=1S/C22H27F4N7O3/c1-12(23)20(34)32-5-6-33-17(9-32)30-31-18(33)13-3-2-4-14(7-13)28-21-27-8-16(22(24,25)26)19(29-21)36-15-10-35-11-15/h8,12-15H,2-7,9-11H2,1H3,(H,27,28,29)/t12-,13-,14+/m0/s1. The summed E-state index contributed by atoms with van der Waals surface area (Å²) in [5.41, 5.74) is -1.02. The third-order valence-corrected chi connectivity index (χ3v) is 6.75. The fourth-order valence-electron chi connectivity index (χ4n) is 4.82. The first-order chi connectivity index (χ1) is 17.2. The van der Waals surface area contributed by atoms with Crippen LogP contribution in [0.25, 0.3) is 0 Å². The highest BCUT2D eigenvalue weighted by Gasteiger charge is 2.38. The fraction of sp³-hybridized carbons (Fsp3) is 0.682. The van der Waals surface area contributed by atoms with Crippen LogP contribution < -0.4 is 10.1 Å². The number of hydrogen-bond acceptors (Lipinski definition) is 8. The van der Waals surface area contributed by atoms with Crippen molar-refractivity contribution in [2.24, 2.45) is 0 Å². The summed E-state index contributed by atoms with van der Waals surface area (Å²) in [6.45, 7) is 2.74. The van der Waals surface area contributed by atoms with Gasteiger partial charge >= 0.3 is 6.18 Å². The highest BCUT2D eigenvalue weighted by Crippen LogP contribution is 2.37. The van der Waals surface area contributed by atoms with Crippen LogP contribution in [-0.2, 0) is 28.8 Å². The molecule has 1 saturated heterocycles. The number of nitrogens with zero attached hydrogens (tertiary/aromatic N) is 6. The number of amides is 1. The van der Waals surface area contributed by atoms with Crippen molar-refractivity contribution in [3.05, 3.63) is 23.4 Å². The lowest BCUT2D eigenvalue weighted by molar-refractivity contribution is -0.142. The van der Waals surface area contributed by atoms with Crippen molar-refractivity contribution in [2.75, 3.05) is 25.1 Å². The topological polar surface area (TPSA) is 107 Å². The highest BCUT2D eigenvalue weighted by molar-refractivity contribution is 5.80. The van der Waals surface area contributed by atoms with Crippen molar-refractivity contribution in [1.82, 2.24) is 29.6 Å². The Labute approximate surface area is 204 Å². The number of alkyl halides is 4. The maximum absolute atomic E-state index is 13.4. The molecule has 2 aliphatic heterocycles. The van der Waals surface area contributed by atoms with Gasteiger partial charge in [-0.2, -0.15) is 18.2 Å². The predicted octanol–water partition coefficient (Wildman–Crippen LogP) is 2.70. The van der Waals surface area contributed by atoms with Gasteiger partial charge in [0.15, 0.2) is 12.0 Å². The summed E-state index contributed by atoms with van der Waals surface area (Å²) in [4.78, 5) is 21.4. The van der Waals surface area contributed by atoms with Gasteiger partial charge in [0, 0.05) is 31.2 Å². The van der Waals surface area contributed by atoms with Crippen molar-refractivity contribution in [1.29, 1.82) is 0 Å². The third-order valence-electron chi connectivity index (χ3n) is 6.75. The molecule has 3 atom stereocenters. The number of nitrogens with one attached hydrogen (secondary N) is 1. The average molecular weight is 513 g/mol. The Hall–Kier alpha value is -3.03. The quantitative estimate of drug-likeness (QED) is 0.588. The van der Waals surface area contributed by atoms with Gasteiger partial charge in [-0.3, -0.25) is 4.79 Å². The molecule has 2 fully saturated rings. The molecule has 1 N–H and O–H groups in total. The molecule has 2 aromatic rings. The lowest BCUT2D eigenvalue weighted by Crippen LogP contribution is -2.42. The Morgan fingerprint density at radius 3 is 2.75 bits per heavy atom. The van der Waals surface area contributed by atoms with E-state index in [9.17, 15) is 22.4 Å². The van der Waals surface area contributed by atoms with E-state index in [0.717, 1.165) is 31.3 Å². The van der Waals surface area contributed by atoms with Gasteiger partial charge in [-0.15, -0.1) is 10.2 Å². The molecule has 2 aromatic heterocycles. The van der Waals surface area contributed by atoms with Crippen molar-refractivity contribution in [3.63, 3.8) is 0 Å². The molecule has 0 aromatic carbocycles. The molecule has 4 heterocycles. The van der Waals surface area contributed by atoms with Gasteiger partial charge in [-0.25, -0.2) is 9.37 Å². The molecule has 36 heavy (non-hydrogen) atoms. The summed E-state index contributed by atoms with van der Waals surface area (Å²) in [5, 5.41) is 11.8. The Kier molecular flexibility index (Phi) is 6.70. The monoisotopic (exact) mass is 513 g/mol. The van der Waals surface area contributed by atoms with E-state index < -0.39 is 35.8 Å². The van der Waals surface area contributed by atoms with Crippen LogP contribution in [0.5, 0.6) is 5.88 Å². The Balaban J connectivity index is 1.27. The first kappa shape index (κ1) is 24.7. The zero-order chi connectivity index (χ0) is 25.4. The molecule has 3 aliphatic rings. The largest absolute Gasteiger partial charge is 0.469 e. The summed E-state index contributed by atoms with van der Waals surface area (Å²) >= 11 is 0. The average Bonchev–Trinajstić information content (AvgIpc) is 3.24. The minimum Gasteiger partial charge on any atom is -0.469 e. The minimum atomic E-state index is -4.64. The molecular weight excluding hydrogens is 486 g/mol. The number of carbonyl (C=O) groups excluding carboxylic acids is 1. The summed E-state index contributed by atoms with van der Waals surface area (Å²) < 4.78 is 66.0. The van der Waals surface area contributed by atoms with Crippen molar-refractivity contribution < 1.29 is 31.8 Å². The molecule has 5 rings (SSSR count). The lowest BCUT2D eigenvalue weighted by Gasteiger charge is -2.32. The molecule has 196 valence electrons. The van der Waals surface area contributed by atoms with Crippen LogP contribution in [0, 0.1) is 0 Å². The molecular formula is C22H27F4N7O3. The number of aromatic nitrogens is 5. The molecule has 0 unspecified atom stereocenters. The van der Waals surface area contributed by atoms with Gasteiger partial charge in [0.05, 0.1) is 19.8 Å². The maximum Gasteiger partial charge on any atom is 0.423 e. The SMILES string of the molecule is C[C@H](F)C(=O)N1CCn2c(nnc2[C@H]2CCC[C@@H](Nc3ncc(C(F)(F)F)c(OC4COC4)n3)C2)C1. The molecule has 1 aliphatic carbocycles. The van der Waals surface area contributed by atoms with E-state index in [-0.39, 0.29) is 37.7 Å². The lowest BCUT2D eigenvalue weighted by atomic mass is 9.85. The van der Waals surface area contributed by atoms with Crippen LogP contribution in [0.4, 0.5) is 23.5 Å².